The van der Waals surface area contributed by atoms with Crippen LogP contribution < -0.4 is 5.32 Å². The van der Waals surface area contributed by atoms with Crippen molar-refractivity contribution in [2.75, 3.05) is 26.9 Å². The van der Waals surface area contributed by atoms with Gasteiger partial charge in [-0.2, -0.15) is 0 Å². The Morgan fingerprint density at radius 1 is 0.885 bits per heavy atom. The predicted molar refractivity (Wildman–Crippen MR) is 208 cm³/mol. The Morgan fingerprint density at radius 2 is 1.54 bits per heavy atom. The molecule has 0 unspecified atom stereocenters. The summed E-state index contributed by atoms with van der Waals surface area (Å²) < 4.78 is 11.4. The minimum atomic E-state index is -0.168. The highest BCUT2D eigenvalue weighted by atomic mass is 16.5. The zero-order valence-electron chi connectivity index (χ0n) is 32.0. The summed E-state index contributed by atoms with van der Waals surface area (Å²) >= 11 is 0. The summed E-state index contributed by atoms with van der Waals surface area (Å²) in [5.74, 6) is 0.237. The van der Waals surface area contributed by atoms with Gasteiger partial charge in [-0.25, -0.2) is 15.0 Å². The van der Waals surface area contributed by atoms with Crippen molar-refractivity contribution in [1.82, 2.24) is 5.32 Å². The first-order chi connectivity index (χ1) is 25.2. The number of rotatable bonds is 16. The zero-order chi connectivity index (χ0) is 36.9. The number of hydrogen-bond acceptors (Lipinski definition) is 9. The van der Waals surface area contributed by atoms with Gasteiger partial charge in [-0.1, -0.05) is 52.4 Å². The molecule has 52 heavy (non-hydrogen) atoms. The quantitative estimate of drug-likeness (QED) is 0.109. The minimum absolute atomic E-state index is 0.00599. The lowest BCUT2D eigenvalue weighted by Crippen LogP contribution is -2.16. The molecule has 278 valence electrons. The maximum atomic E-state index is 13.0. The SMILES string of the molecule is CCC1=C(C)C2=NC1=CC1=C(C)C3=C(O)CC(=C4NC(=CC5=NC(=C2)C(COC)=C5C)[C@@H](C)[C@@H]4CCC(=O)OCCCCCCCCCCO)C3=N1. The van der Waals surface area contributed by atoms with E-state index in [-0.39, 0.29) is 24.4 Å². The first-order valence-corrected chi connectivity index (χ1v) is 19.4. The molecule has 0 saturated carbocycles. The summed E-state index contributed by atoms with van der Waals surface area (Å²) in [4.78, 5) is 28.4. The maximum Gasteiger partial charge on any atom is 0.305 e. The van der Waals surface area contributed by atoms with E-state index in [4.69, 9.17) is 29.6 Å². The first kappa shape index (κ1) is 37.7. The molecule has 9 heteroatoms. The molecule has 0 amide bonds. The second-order valence-corrected chi connectivity index (χ2v) is 14.8. The molecular weight excluding hydrogens is 652 g/mol. The standard InChI is InChI=1S/C43H56N4O5/c1-7-29-25(2)34-22-38-32(24-51-6)27(4)33(45-38)21-35-26(3)30(16-17-40(50)52-19-15-13-11-9-8-10-12-14-18-48)42(46-35)31-20-39(49)41-28(5)36(47-43(31)41)23-37(29)44-34/h21-23,26,30,46,48-49H,7-20,24H2,1-6H3/t26-,30-/m0/s1. The molecule has 0 spiro atoms. The van der Waals surface area contributed by atoms with Gasteiger partial charge in [0.15, 0.2) is 0 Å². The Labute approximate surface area is 309 Å². The van der Waals surface area contributed by atoms with Gasteiger partial charge in [0, 0.05) is 66.5 Å². The third-order valence-corrected chi connectivity index (χ3v) is 11.4. The molecule has 6 aliphatic rings. The number of ether oxygens (including phenoxy) is 2. The van der Waals surface area contributed by atoms with Crippen molar-refractivity contribution in [3.05, 3.63) is 91.5 Å². The van der Waals surface area contributed by atoms with E-state index in [2.05, 4.69) is 51.2 Å². The number of carbonyl (C=O) groups excluding carboxylic acids is 1. The normalized spacial score (nSPS) is 22.3. The van der Waals surface area contributed by atoms with Crippen LogP contribution in [0.1, 0.15) is 112 Å². The van der Waals surface area contributed by atoms with Gasteiger partial charge in [-0.05, 0) is 87.0 Å². The van der Waals surface area contributed by atoms with Crippen molar-refractivity contribution in [1.29, 1.82) is 0 Å². The maximum absolute atomic E-state index is 13.0. The molecular formula is C43H56N4O5. The summed E-state index contributed by atoms with van der Waals surface area (Å²) in [6, 6.07) is 0. The van der Waals surface area contributed by atoms with E-state index in [1.54, 1.807) is 7.11 Å². The van der Waals surface area contributed by atoms with Crippen LogP contribution in [0.3, 0.4) is 0 Å². The molecule has 1 fully saturated rings. The fourth-order valence-corrected chi connectivity index (χ4v) is 8.29. The van der Waals surface area contributed by atoms with E-state index < -0.39 is 0 Å². The van der Waals surface area contributed by atoms with Crippen LogP contribution in [-0.2, 0) is 14.3 Å². The summed E-state index contributed by atoms with van der Waals surface area (Å²) in [5.41, 5.74) is 14.4. The molecule has 5 aliphatic heterocycles. The van der Waals surface area contributed by atoms with E-state index >= 15 is 0 Å². The molecule has 3 N–H and O–H groups in total. The Balaban J connectivity index is 1.27. The van der Waals surface area contributed by atoms with Crippen LogP contribution in [-0.4, -0.2) is 60.2 Å². The molecule has 1 aliphatic carbocycles. The number of aliphatic hydroxyl groups excluding tert-OH is 2. The lowest BCUT2D eigenvalue weighted by atomic mass is 9.86. The molecule has 0 aromatic carbocycles. The average Bonchev–Trinajstić information content (AvgIpc) is 3.88. The van der Waals surface area contributed by atoms with Gasteiger partial charge < -0.3 is 25.0 Å². The molecule has 1 saturated heterocycles. The van der Waals surface area contributed by atoms with Gasteiger partial charge >= 0.3 is 5.97 Å². The van der Waals surface area contributed by atoms with Gasteiger partial charge in [-0.3, -0.25) is 4.79 Å². The zero-order valence-corrected chi connectivity index (χ0v) is 32.0. The summed E-state index contributed by atoms with van der Waals surface area (Å²) in [5, 5.41) is 24.1. The van der Waals surface area contributed by atoms with Crippen molar-refractivity contribution >= 4 is 23.1 Å². The van der Waals surface area contributed by atoms with E-state index in [9.17, 15) is 9.90 Å². The third kappa shape index (κ3) is 7.67. The highest BCUT2D eigenvalue weighted by Crippen LogP contribution is 2.46. The predicted octanol–water partition coefficient (Wildman–Crippen LogP) is 8.74. The molecule has 8 bridgehead atoms. The number of unbranched alkanes of at least 4 members (excludes halogenated alkanes) is 7. The summed E-state index contributed by atoms with van der Waals surface area (Å²) in [6.07, 6.45) is 17.0. The smallest absolute Gasteiger partial charge is 0.305 e. The molecule has 0 aromatic rings. The van der Waals surface area contributed by atoms with Crippen LogP contribution >= 0.6 is 0 Å². The van der Waals surface area contributed by atoms with Crippen LogP contribution in [0.5, 0.6) is 0 Å². The monoisotopic (exact) mass is 708 g/mol. The van der Waals surface area contributed by atoms with Gasteiger partial charge in [-0.15, -0.1) is 0 Å². The fraction of sp³-hybridized carbons (Fsp3) is 0.535. The molecule has 0 aromatic heterocycles. The third-order valence-electron chi connectivity index (χ3n) is 11.4. The van der Waals surface area contributed by atoms with Crippen LogP contribution in [0.4, 0.5) is 0 Å². The Bertz CT molecular complexity index is 1840. The number of esters is 1. The number of nitrogens with zero attached hydrogens (tertiary/aromatic N) is 3. The minimum Gasteiger partial charge on any atom is -0.511 e. The number of carbonyl (C=O) groups is 1. The number of aliphatic imine (C=N–C) groups is 3. The van der Waals surface area contributed by atoms with Crippen molar-refractivity contribution in [3.63, 3.8) is 0 Å². The highest BCUT2D eigenvalue weighted by molar-refractivity contribution is 6.21. The van der Waals surface area contributed by atoms with Crippen LogP contribution in [0.15, 0.2) is 106 Å². The van der Waals surface area contributed by atoms with Crippen molar-refractivity contribution in [3.8, 4) is 0 Å². The van der Waals surface area contributed by atoms with Gasteiger partial charge in [0.05, 0.1) is 47.4 Å². The van der Waals surface area contributed by atoms with Crippen molar-refractivity contribution < 1.29 is 24.5 Å². The molecule has 5 heterocycles. The largest absolute Gasteiger partial charge is 0.511 e. The number of methoxy groups -OCH3 is 1. The highest BCUT2D eigenvalue weighted by Gasteiger charge is 2.41. The Kier molecular flexibility index (Phi) is 12.1. The lowest BCUT2D eigenvalue weighted by molar-refractivity contribution is -0.144. The van der Waals surface area contributed by atoms with Crippen LogP contribution in [0.25, 0.3) is 0 Å². The van der Waals surface area contributed by atoms with E-state index in [1.165, 1.54) is 24.8 Å². The van der Waals surface area contributed by atoms with E-state index in [0.29, 0.717) is 38.2 Å². The number of nitrogens with one attached hydrogen (secondary N) is 1. The summed E-state index contributed by atoms with van der Waals surface area (Å²) in [6.45, 7) is 11.8. The van der Waals surface area contributed by atoms with Gasteiger partial charge in [0.1, 0.15) is 5.76 Å². The lowest BCUT2D eigenvalue weighted by Gasteiger charge is -2.17. The van der Waals surface area contributed by atoms with E-state index in [0.717, 1.165) is 118 Å². The van der Waals surface area contributed by atoms with Gasteiger partial charge in [0.25, 0.3) is 0 Å². The summed E-state index contributed by atoms with van der Waals surface area (Å²) in [7, 11) is 1.71. The van der Waals surface area contributed by atoms with E-state index in [1.807, 2.05) is 6.92 Å². The molecule has 6 rings (SSSR count). The average molecular weight is 709 g/mol. The number of aliphatic hydroxyl groups is 2. The Hall–Kier alpha value is -4.08. The fourth-order valence-electron chi connectivity index (χ4n) is 8.29. The number of allylic oxidation sites excluding steroid dienone is 11. The topological polar surface area (TPSA) is 125 Å². The molecule has 2 atom stereocenters. The number of hydrogen-bond donors (Lipinski definition) is 3. The van der Waals surface area contributed by atoms with Crippen molar-refractivity contribution in [2.45, 2.75) is 112 Å². The number of fused-ring (bicyclic) bond motifs is 5. The molecule has 9 nitrogen and oxygen atoms in total. The second kappa shape index (κ2) is 16.7. The van der Waals surface area contributed by atoms with Crippen LogP contribution in [0, 0.1) is 11.8 Å². The second-order valence-electron chi connectivity index (χ2n) is 14.8. The van der Waals surface area contributed by atoms with Crippen molar-refractivity contribution in [2.24, 2.45) is 26.8 Å². The van der Waals surface area contributed by atoms with Crippen LogP contribution in [0.2, 0.25) is 0 Å². The Morgan fingerprint density at radius 3 is 2.23 bits per heavy atom. The van der Waals surface area contributed by atoms with Gasteiger partial charge in [0.2, 0.25) is 0 Å². The first-order valence-electron chi connectivity index (χ1n) is 19.4. The molecule has 0 radical (unpaired) electrons.